The van der Waals surface area contributed by atoms with Crippen molar-refractivity contribution in [2.24, 2.45) is 7.05 Å². The van der Waals surface area contributed by atoms with Crippen molar-refractivity contribution in [3.8, 4) is 0 Å². The fourth-order valence-corrected chi connectivity index (χ4v) is 4.77. The third-order valence-electron chi connectivity index (χ3n) is 4.44. The fourth-order valence-electron chi connectivity index (χ4n) is 3.07. The molecule has 0 saturated heterocycles. The molecule has 0 atom stereocenters. The van der Waals surface area contributed by atoms with E-state index >= 15 is 0 Å². The average Bonchev–Trinajstić information content (AvgIpc) is 2.75. The Hall–Kier alpha value is -0.000000000000000111. The van der Waals surface area contributed by atoms with Gasteiger partial charge in [0, 0.05) is 24.9 Å². The van der Waals surface area contributed by atoms with Crippen molar-refractivity contribution in [2.75, 3.05) is 12.8 Å². The summed E-state index contributed by atoms with van der Waals surface area (Å²) in [5, 5.41) is 8.23. The van der Waals surface area contributed by atoms with Gasteiger partial charge in [-0.2, -0.15) is 16.9 Å². The molecule has 1 fully saturated rings. The largest absolute Gasteiger partial charge is 0.310 e. The molecule has 0 bridgehead atoms. The van der Waals surface area contributed by atoms with Crippen molar-refractivity contribution in [2.45, 2.75) is 56.7 Å². The highest BCUT2D eigenvalue weighted by molar-refractivity contribution is 9.10. The van der Waals surface area contributed by atoms with Crippen molar-refractivity contribution in [3.63, 3.8) is 0 Å². The van der Waals surface area contributed by atoms with Gasteiger partial charge in [-0.1, -0.05) is 26.2 Å². The molecule has 0 unspecified atom stereocenters. The molecular formula is C15H26BrN3S. The number of aryl methyl sites for hydroxylation is 2. The van der Waals surface area contributed by atoms with Crippen LogP contribution in [0.2, 0.25) is 0 Å². The lowest BCUT2D eigenvalue weighted by Gasteiger charge is -2.36. The summed E-state index contributed by atoms with van der Waals surface area (Å²) in [5.74, 6) is 0. The van der Waals surface area contributed by atoms with Crippen LogP contribution in [0.25, 0.3) is 0 Å². The first-order chi connectivity index (χ1) is 9.62. The van der Waals surface area contributed by atoms with Crippen LogP contribution in [0.5, 0.6) is 0 Å². The minimum absolute atomic E-state index is 0.455. The molecule has 1 heterocycles. The molecule has 20 heavy (non-hydrogen) atoms. The zero-order valence-electron chi connectivity index (χ0n) is 12.8. The van der Waals surface area contributed by atoms with Crippen molar-refractivity contribution in [1.82, 2.24) is 15.1 Å². The van der Waals surface area contributed by atoms with Gasteiger partial charge in [0.05, 0.1) is 15.9 Å². The molecule has 0 radical (unpaired) electrons. The van der Waals surface area contributed by atoms with Gasteiger partial charge in [0.1, 0.15) is 0 Å². The second-order valence-electron chi connectivity index (χ2n) is 5.74. The standard InChI is InChI=1S/C15H26BrN3S/c1-4-12-14(16)13(19(2)18-12)10-17-11-15(20-3)8-6-5-7-9-15/h17H,4-11H2,1-3H3. The molecule has 1 aromatic rings. The lowest BCUT2D eigenvalue weighted by molar-refractivity contribution is 0.377. The summed E-state index contributed by atoms with van der Waals surface area (Å²) in [7, 11) is 2.03. The van der Waals surface area contributed by atoms with E-state index in [1.54, 1.807) is 0 Å². The summed E-state index contributed by atoms with van der Waals surface area (Å²) in [6.45, 7) is 4.15. The molecule has 5 heteroatoms. The van der Waals surface area contributed by atoms with E-state index in [9.17, 15) is 0 Å². The molecule has 1 aromatic heterocycles. The molecular weight excluding hydrogens is 334 g/mol. The molecule has 1 aliphatic carbocycles. The highest BCUT2D eigenvalue weighted by atomic mass is 79.9. The van der Waals surface area contributed by atoms with Gasteiger partial charge in [-0.3, -0.25) is 4.68 Å². The van der Waals surface area contributed by atoms with Crippen molar-refractivity contribution in [1.29, 1.82) is 0 Å². The molecule has 0 aromatic carbocycles. The minimum Gasteiger partial charge on any atom is -0.310 e. The molecule has 0 spiro atoms. The van der Waals surface area contributed by atoms with E-state index in [4.69, 9.17) is 0 Å². The molecule has 0 amide bonds. The summed E-state index contributed by atoms with van der Waals surface area (Å²) < 4.78 is 3.64. The second kappa shape index (κ2) is 7.32. The summed E-state index contributed by atoms with van der Waals surface area (Å²) in [5.41, 5.74) is 2.41. The maximum atomic E-state index is 4.56. The number of aromatic nitrogens is 2. The van der Waals surface area contributed by atoms with Gasteiger partial charge >= 0.3 is 0 Å². The van der Waals surface area contributed by atoms with Gasteiger partial charge < -0.3 is 5.32 Å². The van der Waals surface area contributed by atoms with E-state index in [2.05, 4.69) is 39.5 Å². The van der Waals surface area contributed by atoms with Crippen LogP contribution in [0, 0.1) is 0 Å². The number of halogens is 1. The molecule has 2 rings (SSSR count). The van der Waals surface area contributed by atoms with Crippen molar-refractivity contribution < 1.29 is 0 Å². The van der Waals surface area contributed by atoms with Gasteiger partial charge in [0.25, 0.3) is 0 Å². The van der Waals surface area contributed by atoms with Crippen LogP contribution in [0.4, 0.5) is 0 Å². The van der Waals surface area contributed by atoms with Gasteiger partial charge in [0.15, 0.2) is 0 Å². The Bertz CT molecular complexity index is 439. The summed E-state index contributed by atoms with van der Waals surface area (Å²) in [6, 6.07) is 0. The molecule has 3 nitrogen and oxygen atoms in total. The topological polar surface area (TPSA) is 29.9 Å². The van der Waals surface area contributed by atoms with Crippen molar-refractivity contribution >= 4 is 27.7 Å². The van der Waals surface area contributed by atoms with Crippen LogP contribution < -0.4 is 5.32 Å². The summed E-state index contributed by atoms with van der Waals surface area (Å²) in [6.07, 6.45) is 10.1. The monoisotopic (exact) mass is 359 g/mol. The van der Waals surface area contributed by atoms with Crippen LogP contribution in [-0.4, -0.2) is 27.3 Å². The smallest absolute Gasteiger partial charge is 0.0767 e. The Kier molecular flexibility index (Phi) is 5.99. The molecule has 114 valence electrons. The Labute approximate surface area is 135 Å². The van der Waals surface area contributed by atoms with Crippen LogP contribution in [-0.2, 0) is 20.0 Å². The van der Waals surface area contributed by atoms with E-state index in [0.717, 1.165) is 25.2 Å². The van der Waals surface area contributed by atoms with E-state index < -0.39 is 0 Å². The highest BCUT2D eigenvalue weighted by Crippen LogP contribution is 2.38. The summed E-state index contributed by atoms with van der Waals surface area (Å²) in [4.78, 5) is 0. The maximum absolute atomic E-state index is 4.56. The van der Waals surface area contributed by atoms with Gasteiger partial charge in [-0.15, -0.1) is 0 Å². The zero-order valence-corrected chi connectivity index (χ0v) is 15.2. The lowest BCUT2D eigenvalue weighted by Crippen LogP contribution is -2.39. The Balaban J connectivity index is 1.93. The van der Waals surface area contributed by atoms with Gasteiger partial charge in [-0.25, -0.2) is 0 Å². The zero-order chi connectivity index (χ0) is 14.6. The third-order valence-corrected chi connectivity index (χ3v) is 6.77. The van der Waals surface area contributed by atoms with Crippen molar-refractivity contribution in [3.05, 3.63) is 15.9 Å². The Morgan fingerprint density at radius 2 is 2.05 bits per heavy atom. The number of nitrogens with one attached hydrogen (secondary N) is 1. The molecule has 1 aliphatic rings. The van der Waals surface area contributed by atoms with E-state index in [-0.39, 0.29) is 0 Å². The fraction of sp³-hybridized carbons (Fsp3) is 0.800. The summed E-state index contributed by atoms with van der Waals surface area (Å²) >= 11 is 5.74. The Morgan fingerprint density at radius 3 is 2.60 bits per heavy atom. The SMILES string of the molecule is CCc1nn(C)c(CNCC2(SC)CCCCC2)c1Br. The van der Waals surface area contributed by atoms with Crippen LogP contribution in [0.15, 0.2) is 4.47 Å². The highest BCUT2D eigenvalue weighted by Gasteiger charge is 2.30. The van der Waals surface area contributed by atoms with E-state index in [1.165, 1.54) is 42.3 Å². The Morgan fingerprint density at radius 1 is 1.35 bits per heavy atom. The van der Waals surface area contributed by atoms with Gasteiger partial charge in [-0.05, 0) is 41.4 Å². The third kappa shape index (κ3) is 3.60. The number of thioether (sulfide) groups is 1. The molecule has 0 aliphatic heterocycles. The van der Waals surface area contributed by atoms with Crippen LogP contribution >= 0.6 is 27.7 Å². The van der Waals surface area contributed by atoms with Gasteiger partial charge in [0.2, 0.25) is 0 Å². The number of nitrogens with zero attached hydrogens (tertiary/aromatic N) is 2. The molecule has 1 saturated carbocycles. The lowest BCUT2D eigenvalue weighted by atomic mass is 9.88. The van der Waals surface area contributed by atoms with E-state index in [1.807, 2.05) is 23.5 Å². The number of hydrogen-bond acceptors (Lipinski definition) is 3. The average molecular weight is 360 g/mol. The first kappa shape index (κ1) is 16.4. The second-order valence-corrected chi connectivity index (χ2v) is 7.80. The minimum atomic E-state index is 0.455. The predicted molar refractivity (Wildman–Crippen MR) is 91.3 cm³/mol. The normalized spacial score (nSPS) is 18.4. The quantitative estimate of drug-likeness (QED) is 0.835. The first-order valence-electron chi connectivity index (χ1n) is 7.58. The number of rotatable bonds is 6. The maximum Gasteiger partial charge on any atom is 0.0767 e. The van der Waals surface area contributed by atoms with Crippen LogP contribution in [0.1, 0.15) is 50.4 Å². The molecule has 1 N–H and O–H groups in total. The number of hydrogen-bond donors (Lipinski definition) is 1. The van der Waals surface area contributed by atoms with Crippen LogP contribution in [0.3, 0.4) is 0 Å². The first-order valence-corrected chi connectivity index (χ1v) is 9.60. The van der Waals surface area contributed by atoms with E-state index in [0.29, 0.717) is 4.75 Å². The predicted octanol–water partition coefficient (Wildman–Crippen LogP) is 3.90.